The van der Waals surface area contributed by atoms with Crippen molar-refractivity contribution in [2.75, 3.05) is 5.75 Å². The van der Waals surface area contributed by atoms with Crippen LogP contribution in [0.1, 0.15) is 13.8 Å². The van der Waals surface area contributed by atoms with Gasteiger partial charge >= 0.3 is 0 Å². The van der Waals surface area contributed by atoms with Crippen molar-refractivity contribution in [1.29, 1.82) is 0 Å². The maximum atomic E-state index is 5.24. The third-order valence-electron chi connectivity index (χ3n) is 1.19. The molecule has 0 bridgehead atoms. The highest BCUT2D eigenvalue weighted by atomic mass is 32.2. The summed E-state index contributed by atoms with van der Waals surface area (Å²) in [5.74, 6) is 1.54. The fraction of sp³-hybridized carbons (Fsp3) is 0.667. The topological polar surface area (TPSA) is 26.0 Å². The summed E-state index contributed by atoms with van der Waals surface area (Å²) in [6, 6.07) is 0. The van der Waals surface area contributed by atoms with Gasteiger partial charge in [0, 0.05) is 5.75 Å². The van der Waals surface area contributed by atoms with Crippen molar-refractivity contribution in [3.05, 3.63) is 12.2 Å². The van der Waals surface area contributed by atoms with Crippen LogP contribution < -0.4 is 5.14 Å². The van der Waals surface area contributed by atoms with E-state index in [1.807, 2.05) is 6.92 Å². The van der Waals surface area contributed by atoms with Crippen molar-refractivity contribution in [2.24, 2.45) is 11.1 Å². The molecular formula is C6H13NS. The highest BCUT2D eigenvalue weighted by Gasteiger charge is 1.98. The van der Waals surface area contributed by atoms with E-state index in [1.54, 1.807) is 0 Å². The first kappa shape index (κ1) is 8.05. The van der Waals surface area contributed by atoms with Gasteiger partial charge in [-0.2, -0.15) is 0 Å². The fourth-order valence-corrected chi connectivity index (χ4v) is 0.860. The Labute approximate surface area is 55.5 Å². The summed E-state index contributed by atoms with van der Waals surface area (Å²) in [6.07, 6.45) is 0. The summed E-state index contributed by atoms with van der Waals surface area (Å²) in [5, 5.41) is 5.24. The predicted octanol–water partition coefficient (Wildman–Crippen LogP) is 1.81. The molecule has 2 N–H and O–H groups in total. The number of rotatable bonds is 3. The van der Waals surface area contributed by atoms with E-state index in [4.69, 9.17) is 5.14 Å². The molecule has 0 aromatic carbocycles. The van der Waals surface area contributed by atoms with Crippen LogP contribution in [0.25, 0.3) is 0 Å². The average molecular weight is 131 g/mol. The van der Waals surface area contributed by atoms with E-state index >= 15 is 0 Å². The van der Waals surface area contributed by atoms with Gasteiger partial charge in [0.1, 0.15) is 0 Å². The van der Waals surface area contributed by atoms with Gasteiger partial charge in [-0.05, 0) is 12.8 Å². The lowest BCUT2D eigenvalue weighted by molar-refractivity contribution is 0.787. The maximum absolute atomic E-state index is 5.24. The van der Waals surface area contributed by atoms with E-state index in [2.05, 4.69) is 13.5 Å². The highest BCUT2D eigenvalue weighted by molar-refractivity contribution is 7.97. The van der Waals surface area contributed by atoms with Crippen LogP contribution in [0.15, 0.2) is 12.2 Å². The largest absolute Gasteiger partial charge is 0.278 e. The Morgan fingerprint density at radius 2 is 2.38 bits per heavy atom. The summed E-state index contributed by atoms with van der Waals surface area (Å²) < 4.78 is 0. The number of hydrogen-bond acceptors (Lipinski definition) is 2. The van der Waals surface area contributed by atoms with Gasteiger partial charge < -0.3 is 0 Å². The van der Waals surface area contributed by atoms with Crippen molar-refractivity contribution in [3.8, 4) is 0 Å². The minimum absolute atomic E-state index is 0.560. The molecule has 2 heteroatoms. The molecule has 0 aromatic heterocycles. The van der Waals surface area contributed by atoms with Crippen LogP contribution in [0.2, 0.25) is 0 Å². The fourth-order valence-electron chi connectivity index (χ4n) is 0.287. The molecule has 48 valence electrons. The molecule has 0 amide bonds. The van der Waals surface area contributed by atoms with Crippen LogP contribution in [0.3, 0.4) is 0 Å². The summed E-state index contributed by atoms with van der Waals surface area (Å²) in [5.41, 5.74) is 1.21. The van der Waals surface area contributed by atoms with E-state index in [0.29, 0.717) is 5.92 Å². The molecule has 0 aliphatic carbocycles. The molecule has 0 spiro atoms. The molecule has 0 saturated heterocycles. The zero-order valence-electron chi connectivity index (χ0n) is 5.48. The molecule has 0 fully saturated rings. The van der Waals surface area contributed by atoms with Crippen molar-refractivity contribution in [2.45, 2.75) is 13.8 Å². The smallest absolute Gasteiger partial charge is 0.0139 e. The molecule has 0 rings (SSSR count). The molecule has 8 heavy (non-hydrogen) atoms. The van der Waals surface area contributed by atoms with Crippen molar-refractivity contribution in [3.63, 3.8) is 0 Å². The van der Waals surface area contributed by atoms with Crippen LogP contribution in [0, 0.1) is 5.92 Å². The lowest BCUT2D eigenvalue weighted by Gasteiger charge is -2.06. The Bertz CT molecular complexity index is 80.6. The zero-order valence-corrected chi connectivity index (χ0v) is 6.29. The van der Waals surface area contributed by atoms with Crippen molar-refractivity contribution < 1.29 is 0 Å². The molecule has 1 atom stereocenters. The van der Waals surface area contributed by atoms with Crippen LogP contribution in [0.5, 0.6) is 0 Å². The van der Waals surface area contributed by atoms with Gasteiger partial charge in [0.15, 0.2) is 0 Å². The maximum Gasteiger partial charge on any atom is 0.0139 e. The molecule has 0 radical (unpaired) electrons. The van der Waals surface area contributed by atoms with Crippen molar-refractivity contribution in [1.82, 2.24) is 0 Å². The Morgan fingerprint density at radius 3 is 2.50 bits per heavy atom. The quantitative estimate of drug-likeness (QED) is 0.467. The average Bonchev–Trinajstić information content (AvgIpc) is 1.67. The van der Waals surface area contributed by atoms with Gasteiger partial charge in [-0.15, -0.1) is 0 Å². The lowest BCUT2D eigenvalue weighted by Crippen LogP contribution is -2.00. The van der Waals surface area contributed by atoms with Gasteiger partial charge in [-0.3, -0.25) is 5.14 Å². The van der Waals surface area contributed by atoms with Gasteiger partial charge in [0.25, 0.3) is 0 Å². The standard InChI is InChI=1S/C6H13NS/c1-5(2)6(3)4-8-7/h6H,1,4,7H2,2-3H3. The number of nitrogens with two attached hydrogens (primary N) is 1. The molecule has 1 unspecified atom stereocenters. The normalized spacial score (nSPS) is 13.4. The van der Waals surface area contributed by atoms with E-state index in [0.717, 1.165) is 5.75 Å². The van der Waals surface area contributed by atoms with Crippen LogP contribution in [-0.2, 0) is 0 Å². The van der Waals surface area contributed by atoms with Crippen molar-refractivity contribution >= 4 is 11.9 Å². The van der Waals surface area contributed by atoms with Gasteiger partial charge in [-0.1, -0.05) is 31.0 Å². The summed E-state index contributed by atoms with van der Waals surface area (Å²) in [4.78, 5) is 0. The van der Waals surface area contributed by atoms with Gasteiger partial charge in [-0.25, -0.2) is 0 Å². The molecule has 1 nitrogen and oxygen atoms in total. The predicted molar refractivity (Wildman–Crippen MR) is 40.6 cm³/mol. The van der Waals surface area contributed by atoms with Crippen LogP contribution in [0.4, 0.5) is 0 Å². The molecule has 0 heterocycles. The first-order valence-electron chi connectivity index (χ1n) is 2.65. The summed E-state index contributed by atoms with van der Waals surface area (Å²) in [7, 11) is 0. The van der Waals surface area contributed by atoms with Crippen LogP contribution >= 0.6 is 11.9 Å². The Hall–Kier alpha value is 0.0500. The first-order valence-corrected chi connectivity index (χ1v) is 3.70. The van der Waals surface area contributed by atoms with E-state index in [-0.39, 0.29) is 0 Å². The SMILES string of the molecule is C=C(C)C(C)CSN. The Morgan fingerprint density at radius 1 is 1.88 bits per heavy atom. The first-order chi connectivity index (χ1) is 3.68. The van der Waals surface area contributed by atoms with E-state index < -0.39 is 0 Å². The number of hydrogen-bond donors (Lipinski definition) is 1. The highest BCUT2D eigenvalue weighted by Crippen LogP contribution is 2.09. The minimum Gasteiger partial charge on any atom is -0.278 e. The monoisotopic (exact) mass is 131 g/mol. The third kappa shape index (κ3) is 3.10. The Kier molecular flexibility index (Phi) is 4.01. The van der Waals surface area contributed by atoms with E-state index in [9.17, 15) is 0 Å². The molecular weight excluding hydrogens is 118 g/mol. The minimum atomic E-state index is 0.560. The molecule has 0 aromatic rings. The Balaban J connectivity index is 3.32. The second kappa shape index (κ2) is 3.98. The lowest BCUT2D eigenvalue weighted by atomic mass is 10.1. The van der Waals surface area contributed by atoms with E-state index in [1.165, 1.54) is 17.5 Å². The summed E-state index contributed by atoms with van der Waals surface area (Å²) >= 11 is 1.38. The summed E-state index contributed by atoms with van der Waals surface area (Å²) in [6.45, 7) is 7.96. The molecule has 0 saturated carbocycles. The third-order valence-corrected chi connectivity index (χ3v) is 1.88. The second-order valence-electron chi connectivity index (χ2n) is 2.08. The van der Waals surface area contributed by atoms with Gasteiger partial charge in [0.2, 0.25) is 0 Å². The second-order valence-corrected chi connectivity index (χ2v) is 2.75. The number of allylic oxidation sites excluding steroid dienone is 1. The molecule has 0 aliphatic heterocycles. The van der Waals surface area contributed by atoms with Crippen LogP contribution in [-0.4, -0.2) is 5.75 Å². The van der Waals surface area contributed by atoms with Gasteiger partial charge in [0.05, 0.1) is 0 Å². The zero-order chi connectivity index (χ0) is 6.57. The molecule has 0 aliphatic rings.